The zero-order chi connectivity index (χ0) is 22.2. The van der Waals surface area contributed by atoms with Gasteiger partial charge in [0.25, 0.3) is 5.91 Å². The minimum absolute atomic E-state index is 0.0413. The van der Waals surface area contributed by atoms with Crippen molar-refractivity contribution < 1.29 is 4.79 Å². The highest BCUT2D eigenvalue weighted by atomic mass is 35.5. The molecule has 4 aromatic rings. The van der Waals surface area contributed by atoms with Gasteiger partial charge in [0.1, 0.15) is 17.0 Å². The first kappa shape index (κ1) is 20.6. The third-order valence-electron chi connectivity index (χ3n) is 6.08. The first-order valence-corrected chi connectivity index (χ1v) is 11.2. The van der Waals surface area contributed by atoms with Gasteiger partial charge in [-0.3, -0.25) is 9.20 Å². The van der Waals surface area contributed by atoms with Gasteiger partial charge in [0.2, 0.25) is 0 Å². The van der Waals surface area contributed by atoms with E-state index in [0.717, 1.165) is 41.9 Å². The van der Waals surface area contributed by atoms with Crippen LogP contribution in [0.25, 0.3) is 16.9 Å². The maximum absolute atomic E-state index is 13.6. The van der Waals surface area contributed by atoms with Crippen LogP contribution in [0, 0.1) is 6.92 Å². The van der Waals surface area contributed by atoms with Gasteiger partial charge in [-0.25, -0.2) is 14.6 Å². The maximum Gasteiger partial charge on any atom is 0.276 e. The van der Waals surface area contributed by atoms with E-state index in [1.165, 1.54) is 0 Å². The number of imidazole rings is 1. The van der Waals surface area contributed by atoms with Gasteiger partial charge < -0.3 is 4.90 Å². The van der Waals surface area contributed by atoms with Gasteiger partial charge in [-0.1, -0.05) is 47.1 Å². The van der Waals surface area contributed by atoms with Crippen LogP contribution in [0.2, 0.25) is 5.02 Å². The molecule has 32 heavy (non-hydrogen) atoms. The molecular weight excluding hydrogens is 426 g/mol. The number of amides is 1. The molecule has 0 N–H and O–H groups in total. The second-order valence-electron chi connectivity index (χ2n) is 8.24. The lowest BCUT2D eigenvalue weighted by molar-refractivity contribution is 0.0607. The molecule has 0 radical (unpaired) electrons. The van der Waals surface area contributed by atoms with Crippen LogP contribution in [0.3, 0.4) is 0 Å². The highest BCUT2D eigenvalue weighted by molar-refractivity contribution is 6.34. The van der Waals surface area contributed by atoms with Crippen molar-refractivity contribution in [2.45, 2.75) is 38.6 Å². The number of likely N-dealkylation sites (tertiary alicyclic amines) is 1. The number of aromatic nitrogens is 6. The van der Waals surface area contributed by atoms with Crippen LogP contribution >= 0.6 is 11.6 Å². The molecule has 1 amide bonds. The Labute approximate surface area is 190 Å². The number of halogens is 1. The lowest BCUT2D eigenvalue weighted by Gasteiger charge is -2.35. The largest absolute Gasteiger partial charge is 0.334 e. The molecule has 0 bridgehead atoms. The molecule has 0 spiro atoms. The van der Waals surface area contributed by atoms with Crippen molar-refractivity contribution in [2.24, 2.45) is 7.05 Å². The molecule has 9 heteroatoms. The quantitative estimate of drug-likeness (QED) is 0.474. The predicted octanol–water partition coefficient (Wildman–Crippen LogP) is 3.72. The van der Waals surface area contributed by atoms with Crippen LogP contribution in [0.5, 0.6) is 0 Å². The van der Waals surface area contributed by atoms with Crippen LogP contribution in [0.1, 0.15) is 41.1 Å². The van der Waals surface area contributed by atoms with E-state index in [0.29, 0.717) is 29.3 Å². The van der Waals surface area contributed by atoms with Crippen molar-refractivity contribution in [3.05, 3.63) is 65.0 Å². The predicted molar refractivity (Wildman–Crippen MR) is 122 cm³/mol. The Bertz CT molecular complexity index is 1280. The molecule has 1 atom stereocenters. The monoisotopic (exact) mass is 449 g/mol. The van der Waals surface area contributed by atoms with Crippen molar-refractivity contribution in [3.8, 4) is 11.3 Å². The topological polar surface area (TPSA) is 81.2 Å². The van der Waals surface area contributed by atoms with Gasteiger partial charge in [-0.15, -0.1) is 5.10 Å². The summed E-state index contributed by atoms with van der Waals surface area (Å²) in [5, 5.41) is 8.95. The van der Waals surface area contributed by atoms with Gasteiger partial charge in [0, 0.05) is 37.8 Å². The fourth-order valence-electron chi connectivity index (χ4n) is 4.44. The molecular formula is C23H24ClN7O. The Morgan fingerprint density at radius 1 is 1.22 bits per heavy atom. The number of nitrogens with zero attached hydrogens (tertiary/aromatic N) is 7. The summed E-state index contributed by atoms with van der Waals surface area (Å²) in [6, 6.07) is 9.84. The first-order chi connectivity index (χ1) is 15.5. The number of benzene rings is 1. The Morgan fingerprint density at radius 3 is 2.84 bits per heavy atom. The van der Waals surface area contributed by atoms with E-state index in [1.807, 2.05) is 59.8 Å². The van der Waals surface area contributed by atoms with Crippen LogP contribution < -0.4 is 0 Å². The third kappa shape index (κ3) is 3.64. The standard InChI is InChI=1S/C23H24ClN7O/c1-15-19(24)22-26-17(13-30(22)14-25-15)12-18-10-6-7-11-31(18)23(32)20-21(29(2)28-27-20)16-8-4-3-5-9-16/h3-5,8-9,13-14,18H,6-7,10-12H2,1-2H3/t18-/m0/s1. The third-order valence-corrected chi connectivity index (χ3v) is 6.52. The summed E-state index contributed by atoms with van der Waals surface area (Å²) in [5.41, 5.74) is 4.40. The highest BCUT2D eigenvalue weighted by Gasteiger charge is 2.32. The molecule has 1 aromatic carbocycles. The fourth-order valence-corrected chi connectivity index (χ4v) is 4.63. The molecule has 0 saturated carbocycles. The summed E-state index contributed by atoms with van der Waals surface area (Å²) in [6.07, 6.45) is 7.30. The molecule has 0 unspecified atom stereocenters. The Hall–Kier alpha value is -3.26. The normalized spacial score (nSPS) is 16.6. The van der Waals surface area contributed by atoms with E-state index in [-0.39, 0.29) is 11.9 Å². The number of carbonyl (C=O) groups is 1. The Balaban J connectivity index is 1.45. The number of fused-ring (bicyclic) bond motifs is 1. The fraction of sp³-hybridized carbons (Fsp3) is 0.348. The number of aryl methyl sites for hydroxylation is 2. The van der Waals surface area contributed by atoms with E-state index in [9.17, 15) is 4.79 Å². The Morgan fingerprint density at radius 2 is 2.03 bits per heavy atom. The van der Waals surface area contributed by atoms with Gasteiger partial charge in [0.15, 0.2) is 11.3 Å². The van der Waals surface area contributed by atoms with Gasteiger partial charge in [0.05, 0.1) is 11.4 Å². The lowest BCUT2D eigenvalue weighted by atomic mass is 9.97. The molecule has 5 rings (SSSR count). The molecule has 1 aliphatic rings. The van der Waals surface area contributed by atoms with Crippen molar-refractivity contribution in [1.82, 2.24) is 34.3 Å². The summed E-state index contributed by atoms with van der Waals surface area (Å²) in [4.78, 5) is 24.6. The van der Waals surface area contributed by atoms with Gasteiger partial charge >= 0.3 is 0 Å². The SMILES string of the molecule is Cc1ncn2cc(C[C@@H]3CCCCN3C(=O)c3nnn(C)c3-c3ccccc3)nc2c1Cl. The zero-order valence-corrected chi connectivity index (χ0v) is 18.8. The molecule has 3 aromatic heterocycles. The van der Waals surface area contributed by atoms with E-state index in [4.69, 9.17) is 16.6 Å². The average molecular weight is 450 g/mol. The van der Waals surface area contributed by atoms with Crippen molar-refractivity contribution in [1.29, 1.82) is 0 Å². The van der Waals surface area contributed by atoms with E-state index < -0.39 is 0 Å². The number of hydrogen-bond donors (Lipinski definition) is 0. The van der Waals surface area contributed by atoms with Crippen LogP contribution in [-0.4, -0.2) is 52.8 Å². The van der Waals surface area contributed by atoms with Crippen LogP contribution in [-0.2, 0) is 13.5 Å². The van der Waals surface area contributed by atoms with Gasteiger partial charge in [-0.2, -0.15) is 0 Å². The second kappa shape index (κ2) is 8.35. The maximum atomic E-state index is 13.6. The van der Waals surface area contributed by atoms with E-state index >= 15 is 0 Å². The number of rotatable bonds is 4. The van der Waals surface area contributed by atoms with E-state index in [1.54, 1.807) is 11.0 Å². The lowest BCUT2D eigenvalue weighted by Crippen LogP contribution is -2.45. The molecule has 0 aliphatic carbocycles. The molecule has 1 aliphatic heterocycles. The van der Waals surface area contributed by atoms with E-state index in [2.05, 4.69) is 15.3 Å². The minimum atomic E-state index is -0.0824. The Kier molecular flexibility index (Phi) is 5.38. The summed E-state index contributed by atoms with van der Waals surface area (Å²) < 4.78 is 3.51. The van der Waals surface area contributed by atoms with Gasteiger partial charge in [-0.05, 0) is 26.2 Å². The molecule has 1 fully saturated rings. The van der Waals surface area contributed by atoms with Crippen molar-refractivity contribution in [2.75, 3.05) is 6.54 Å². The molecule has 4 heterocycles. The zero-order valence-electron chi connectivity index (χ0n) is 18.1. The smallest absolute Gasteiger partial charge is 0.276 e. The second-order valence-corrected chi connectivity index (χ2v) is 8.61. The summed E-state index contributed by atoms with van der Waals surface area (Å²) in [5.74, 6) is -0.0824. The summed E-state index contributed by atoms with van der Waals surface area (Å²) in [6.45, 7) is 2.56. The van der Waals surface area contributed by atoms with Crippen LogP contribution in [0.15, 0.2) is 42.9 Å². The molecule has 164 valence electrons. The van der Waals surface area contributed by atoms with Crippen molar-refractivity contribution >= 4 is 23.2 Å². The minimum Gasteiger partial charge on any atom is -0.334 e. The number of carbonyl (C=O) groups excluding carboxylic acids is 1. The first-order valence-electron chi connectivity index (χ1n) is 10.8. The summed E-state index contributed by atoms with van der Waals surface area (Å²) in [7, 11) is 1.82. The highest BCUT2D eigenvalue weighted by Crippen LogP contribution is 2.27. The number of piperidine rings is 1. The van der Waals surface area contributed by atoms with Crippen molar-refractivity contribution in [3.63, 3.8) is 0 Å². The molecule has 8 nitrogen and oxygen atoms in total. The summed E-state index contributed by atoms with van der Waals surface area (Å²) >= 11 is 6.39. The average Bonchev–Trinajstić information content (AvgIpc) is 3.40. The van der Waals surface area contributed by atoms with Crippen LogP contribution in [0.4, 0.5) is 0 Å². The molecule has 1 saturated heterocycles. The number of hydrogen-bond acceptors (Lipinski definition) is 5.